The van der Waals surface area contributed by atoms with Crippen LogP contribution in [0.4, 0.5) is 0 Å². The normalized spacial score (nSPS) is 21.4. The quantitative estimate of drug-likeness (QED) is 0.586. The van der Waals surface area contributed by atoms with Gasteiger partial charge in [-0.3, -0.25) is 0 Å². The Bertz CT molecular complexity index is 1040. The van der Waals surface area contributed by atoms with Crippen molar-refractivity contribution >= 4 is 0 Å². The lowest BCUT2D eigenvalue weighted by molar-refractivity contribution is 0.00309. The highest BCUT2D eigenvalue weighted by Crippen LogP contribution is 2.49. The summed E-state index contributed by atoms with van der Waals surface area (Å²) in [6.07, 6.45) is 5.90. The number of nitrogens with zero attached hydrogens (tertiary/aromatic N) is 1. The molecule has 0 bridgehead atoms. The van der Waals surface area contributed by atoms with Gasteiger partial charge in [-0.25, -0.2) is 4.98 Å². The molecule has 32 heavy (non-hydrogen) atoms. The molecule has 1 aliphatic carbocycles. The average Bonchev–Trinajstić information content (AvgIpc) is 3.08. The second kappa shape index (κ2) is 8.00. The third kappa shape index (κ3) is 4.04. The van der Waals surface area contributed by atoms with Crippen molar-refractivity contribution < 1.29 is 24.1 Å². The predicted octanol–water partition coefficient (Wildman–Crippen LogP) is 5.78. The minimum Gasteiger partial charge on any atom is -0.502 e. The van der Waals surface area contributed by atoms with Crippen molar-refractivity contribution in [1.29, 1.82) is 0 Å². The fourth-order valence-electron chi connectivity index (χ4n) is 4.18. The Hall–Kier alpha value is -2.73. The van der Waals surface area contributed by atoms with E-state index in [1.165, 1.54) is 14.2 Å². The first-order valence-electron chi connectivity index (χ1n) is 10.8. The van der Waals surface area contributed by atoms with Gasteiger partial charge in [0.25, 0.3) is 0 Å². The molecule has 0 radical (unpaired) electrons. The van der Waals surface area contributed by atoms with Crippen LogP contribution >= 0.6 is 0 Å². The maximum atomic E-state index is 11.6. The number of aliphatic hydroxyl groups is 1. The molecule has 0 fully saturated rings. The predicted molar refractivity (Wildman–Crippen MR) is 125 cm³/mol. The molecule has 174 valence electrons. The summed E-state index contributed by atoms with van der Waals surface area (Å²) in [5.74, 6) is 1.51. The van der Waals surface area contributed by atoms with Gasteiger partial charge in [-0.1, -0.05) is 59.8 Å². The minimum absolute atomic E-state index is 0.0606. The molecule has 1 aromatic carbocycles. The van der Waals surface area contributed by atoms with Crippen LogP contribution in [-0.2, 0) is 0 Å². The SMILES string of the molecule is COc1cc(-c2nc(C3C=CC(O)(C(C)(C)C)C(C(C)(C)C)=C3)oc2C)cc(OC)c1O. The molecular formula is C26H35NO5. The summed E-state index contributed by atoms with van der Waals surface area (Å²) in [7, 11) is 2.97. The summed E-state index contributed by atoms with van der Waals surface area (Å²) in [4.78, 5) is 4.77. The van der Waals surface area contributed by atoms with E-state index < -0.39 is 5.60 Å². The Morgan fingerprint density at radius 3 is 2.06 bits per heavy atom. The Morgan fingerprint density at radius 2 is 1.59 bits per heavy atom. The van der Waals surface area contributed by atoms with Gasteiger partial charge >= 0.3 is 0 Å². The largest absolute Gasteiger partial charge is 0.502 e. The molecule has 6 heteroatoms. The Labute approximate surface area is 190 Å². The van der Waals surface area contributed by atoms with Crippen LogP contribution in [0.5, 0.6) is 17.2 Å². The third-order valence-corrected chi connectivity index (χ3v) is 6.10. The molecule has 1 aromatic heterocycles. The van der Waals surface area contributed by atoms with Crippen LogP contribution in [0.25, 0.3) is 11.3 Å². The maximum Gasteiger partial charge on any atom is 0.205 e. The number of hydrogen-bond donors (Lipinski definition) is 2. The zero-order valence-corrected chi connectivity index (χ0v) is 20.5. The van der Waals surface area contributed by atoms with E-state index in [2.05, 4.69) is 26.8 Å². The van der Waals surface area contributed by atoms with E-state index in [0.717, 1.165) is 11.1 Å². The van der Waals surface area contributed by atoms with E-state index in [1.807, 2.05) is 39.8 Å². The third-order valence-electron chi connectivity index (χ3n) is 6.10. The molecule has 6 nitrogen and oxygen atoms in total. The van der Waals surface area contributed by atoms with Crippen molar-refractivity contribution in [3.05, 3.63) is 47.6 Å². The number of benzene rings is 1. The molecule has 0 spiro atoms. The van der Waals surface area contributed by atoms with Gasteiger partial charge in [-0.15, -0.1) is 0 Å². The molecule has 0 saturated heterocycles. The fraction of sp³-hybridized carbons (Fsp3) is 0.500. The molecule has 0 saturated carbocycles. The summed E-state index contributed by atoms with van der Waals surface area (Å²) in [5, 5.41) is 21.8. The highest BCUT2D eigenvalue weighted by atomic mass is 16.5. The monoisotopic (exact) mass is 441 g/mol. The lowest BCUT2D eigenvalue weighted by Gasteiger charge is -2.47. The number of phenols is 1. The van der Waals surface area contributed by atoms with E-state index in [4.69, 9.17) is 18.9 Å². The number of phenolic OH excluding ortho intramolecular Hbond substituents is 1. The molecule has 2 unspecified atom stereocenters. The van der Waals surface area contributed by atoms with Gasteiger partial charge in [0, 0.05) is 5.56 Å². The summed E-state index contributed by atoms with van der Waals surface area (Å²) >= 11 is 0. The molecule has 0 amide bonds. The number of hydrogen-bond acceptors (Lipinski definition) is 6. The number of methoxy groups -OCH3 is 2. The first-order valence-corrected chi connectivity index (χ1v) is 10.8. The van der Waals surface area contributed by atoms with Crippen molar-refractivity contribution in [3.63, 3.8) is 0 Å². The number of aryl methyl sites for hydroxylation is 1. The van der Waals surface area contributed by atoms with Crippen LogP contribution in [0.1, 0.15) is 59.1 Å². The average molecular weight is 442 g/mol. The lowest BCUT2D eigenvalue weighted by atomic mass is 9.62. The summed E-state index contributed by atoms with van der Waals surface area (Å²) in [6.45, 7) is 14.3. The molecule has 1 heterocycles. The number of rotatable bonds is 4. The highest BCUT2D eigenvalue weighted by molar-refractivity contribution is 5.69. The van der Waals surface area contributed by atoms with Crippen LogP contribution < -0.4 is 9.47 Å². The van der Waals surface area contributed by atoms with Crippen molar-refractivity contribution in [2.75, 3.05) is 14.2 Å². The second-order valence-electron chi connectivity index (χ2n) is 10.4. The number of oxazole rings is 1. The van der Waals surface area contributed by atoms with Crippen LogP contribution in [-0.4, -0.2) is 35.0 Å². The molecule has 2 atom stereocenters. The summed E-state index contributed by atoms with van der Waals surface area (Å²) < 4.78 is 16.6. The summed E-state index contributed by atoms with van der Waals surface area (Å²) in [6, 6.07) is 3.41. The van der Waals surface area contributed by atoms with Crippen LogP contribution in [0.15, 0.2) is 40.4 Å². The fourth-order valence-corrected chi connectivity index (χ4v) is 4.18. The number of allylic oxidation sites excluding steroid dienone is 2. The van der Waals surface area contributed by atoms with E-state index in [1.54, 1.807) is 12.1 Å². The van der Waals surface area contributed by atoms with E-state index >= 15 is 0 Å². The van der Waals surface area contributed by atoms with Crippen molar-refractivity contribution in [1.82, 2.24) is 4.98 Å². The minimum atomic E-state index is -1.07. The summed E-state index contributed by atoms with van der Waals surface area (Å²) in [5.41, 5.74) is 0.624. The molecule has 0 aliphatic heterocycles. The van der Waals surface area contributed by atoms with Crippen molar-refractivity contribution in [2.24, 2.45) is 10.8 Å². The highest BCUT2D eigenvalue weighted by Gasteiger charge is 2.47. The standard InChI is InChI=1S/C26H35NO5/c1-15-21(17-12-18(30-8)22(28)19(13-17)31-9)27-23(32-15)16-10-11-26(29,25(5,6)7)20(14-16)24(2,3)4/h10-14,16,28-29H,1-9H3. The van der Waals surface area contributed by atoms with Gasteiger partial charge in [0.05, 0.1) is 20.1 Å². The van der Waals surface area contributed by atoms with Crippen molar-refractivity contribution in [2.45, 2.75) is 60.0 Å². The number of ether oxygens (including phenoxy) is 2. The van der Waals surface area contributed by atoms with E-state index in [9.17, 15) is 10.2 Å². The zero-order valence-electron chi connectivity index (χ0n) is 20.5. The lowest BCUT2D eigenvalue weighted by Crippen LogP contribution is -2.47. The zero-order chi connectivity index (χ0) is 24.1. The van der Waals surface area contributed by atoms with Gasteiger partial charge in [-0.2, -0.15) is 0 Å². The second-order valence-corrected chi connectivity index (χ2v) is 10.4. The van der Waals surface area contributed by atoms with Crippen molar-refractivity contribution in [3.8, 4) is 28.5 Å². The smallest absolute Gasteiger partial charge is 0.205 e. The number of aromatic hydroxyl groups is 1. The molecular weight excluding hydrogens is 406 g/mol. The first-order chi connectivity index (χ1) is 14.7. The molecule has 2 aromatic rings. The molecule has 2 N–H and O–H groups in total. The number of aromatic nitrogens is 1. The Morgan fingerprint density at radius 1 is 1.03 bits per heavy atom. The molecule has 1 aliphatic rings. The van der Waals surface area contributed by atoms with Crippen LogP contribution in [0, 0.1) is 17.8 Å². The topological polar surface area (TPSA) is 85.0 Å². The Balaban J connectivity index is 2.08. The molecule has 3 rings (SSSR count). The van der Waals surface area contributed by atoms with Gasteiger partial charge in [0.1, 0.15) is 17.1 Å². The van der Waals surface area contributed by atoms with Gasteiger partial charge in [0.2, 0.25) is 11.6 Å². The maximum absolute atomic E-state index is 11.6. The van der Waals surface area contributed by atoms with Gasteiger partial charge in [-0.05, 0) is 35.5 Å². The van der Waals surface area contributed by atoms with E-state index in [0.29, 0.717) is 28.8 Å². The van der Waals surface area contributed by atoms with Gasteiger partial charge in [0.15, 0.2) is 11.5 Å². The Kier molecular flexibility index (Phi) is 5.98. The van der Waals surface area contributed by atoms with Crippen LogP contribution in [0.3, 0.4) is 0 Å². The van der Waals surface area contributed by atoms with E-state index in [-0.39, 0.29) is 22.5 Å². The van der Waals surface area contributed by atoms with Crippen LogP contribution in [0.2, 0.25) is 0 Å². The van der Waals surface area contributed by atoms with Gasteiger partial charge < -0.3 is 24.1 Å². The first kappa shape index (κ1) is 23.9.